The van der Waals surface area contributed by atoms with Crippen molar-refractivity contribution in [3.63, 3.8) is 0 Å². The molecule has 2 rings (SSSR count). The van der Waals surface area contributed by atoms with E-state index in [2.05, 4.69) is 0 Å². The Hall–Kier alpha value is -1.32. The van der Waals surface area contributed by atoms with E-state index in [1.807, 2.05) is 0 Å². The SMILES string of the molecule is NC(c1ccc(F)c(Cl)c1)c1ccco1. The number of nitrogens with two attached hydrogens (primary N) is 1. The van der Waals surface area contributed by atoms with E-state index >= 15 is 0 Å². The van der Waals surface area contributed by atoms with Crippen molar-refractivity contribution >= 4 is 11.6 Å². The molecule has 1 atom stereocenters. The smallest absolute Gasteiger partial charge is 0.141 e. The molecule has 0 bridgehead atoms. The summed E-state index contributed by atoms with van der Waals surface area (Å²) in [5.41, 5.74) is 6.62. The molecule has 0 saturated heterocycles. The Morgan fingerprint density at radius 2 is 2.13 bits per heavy atom. The summed E-state index contributed by atoms with van der Waals surface area (Å²) in [5, 5.41) is 0.0644. The summed E-state index contributed by atoms with van der Waals surface area (Å²) < 4.78 is 18.1. The number of rotatable bonds is 2. The highest BCUT2D eigenvalue weighted by atomic mass is 35.5. The fraction of sp³-hybridized carbons (Fsp3) is 0.0909. The van der Waals surface area contributed by atoms with Crippen LogP contribution < -0.4 is 5.73 Å². The lowest BCUT2D eigenvalue weighted by atomic mass is 10.1. The van der Waals surface area contributed by atoms with Crippen LogP contribution in [0.5, 0.6) is 0 Å². The molecule has 0 aliphatic carbocycles. The molecular weight excluding hydrogens is 217 g/mol. The zero-order chi connectivity index (χ0) is 10.8. The van der Waals surface area contributed by atoms with Crippen LogP contribution in [0.25, 0.3) is 0 Å². The van der Waals surface area contributed by atoms with Gasteiger partial charge in [0.15, 0.2) is 0 Å². The molecule has 0 aliphatic heterocycles. The summed E-state index contributed by atoms with van der Waals surface area (Å²) in [6.07, 6.45) is 1.54. The zero-order valence-corrected chi connectivity index (χ0v) is 8.54. The Balaban J connectivity index is 2.34. The van der Waals surface area contributed by atoms with E-state index in [1.54, 1.807) is 24.5 Å². The summed E-state index contributed by atoms with van der Waals surface area (Å²) in [7, 11) is 0. The third kappa shape index (κ3) is 2.03. The quantitative estimate of drug-likeness (QED) is 0.853. The molecule has 78 valence electrons. The lowest BCUT2D eigenvalue weighted by Gasteiger charge is -2.09. The first-order valence-corrected chi connectivity index (χ1v) is 4.80. The van der Waals surface area contributed by atoms with E-state index in [1.165, 1.54) is 12.1 Å². The average molecular weight is 226 g/mol. The third-order valence-electron chi connectivity index (χ3n) is 2.15. The van der Waals surface area contributed by atoms with Gasteiger partial charge in [-0.1, -0.05) is 17.7 Å². The van der Waals surface area contributed by atoms with Gasteiger partial charge in [0.1, 0.15) is 11.6 Å². The van der Waals surface area contributed by atoms with E-state index in [9.17, 15) is 4.39 Å². The molecule has 0 radical (unpaired) electrons. The number of halogens is 2. The molecule has 0 spiro atoms. The zero-order valence-electron chi connectivity index (χ0n) is 7.78. The van der Waals surface area contributed by atoms with Gasteiger partial charge in [-0.2, -0.15) is 0 Å². The molecule has 1 aromatic carbocycles. The highest BCUT2D eigenvalue weighted by Crippen LogP contribution is 2.24. The van der Waals surface area contributed by atoms with Gasteiger partial charge in [0, 0.05) is 0 Å². The van der Waals surface area contributed by atoms with E-state index in [0.29, 0.717) is 5.76 Å². The topological polar surface area (TPSA) is 39.2 Å². The molecule has 0 amide bonds. The van der Waals surface area contributed by atoms with Crippen molar-refractivity contribution in [3.05, 3.63) is 58.8 Å². The van der Waals surface area contributed by atoms with E-state index in [0.717, 1.165) is 5.56 Å². The predicted molar refractivity (Wildman–Crippen MR) is 56.1 cm³/mol. The fourth-order valence-corrected chi connectivity index (χ4v) is 1.53. The van der Waals surface area contributed by atoms with Crippen molar-refractivity contribution in [2.75, 3.05) is 0 Å². The lowest BCUT2D eigenvalue weighted by molar-refractivity contribution is 0.489. The first kappa shape index (κ1) is 10.2. The average Bonchev–Trinajstić information content (AvgIpc) is 2.74. The normalized spacial score (nSPS) is 12.7. The lowest BCUT2D eigenvalue weighted by Crippen LogP contribution is -2.10. The highest BCUT2D eigenvalue weighted by Gasteiger charge is 2.12. The highest BCUT2D eigenvalue weighted by molar-refractivity contribution is 6.30. The summed E-state index contributed by atoms with van der Waals surface area (Å²) in [6.45, 7) is 0. The summed E-state index contributed by atoms with van der Waals surface area (Å²) in [5.74, 6) is 0.171. The molecular formula is C11H9ClFNO. The standard InChI is InChI=1S/C11H9ClFNO/c12-8-6-7(3-4-9(8)13)11(14)10-2-1-5-15-10/h1-6,11H,14H2. The maximum Gasteiger partial charge on any atom is 0.141 e. The molecule has 0 aliphatic rings. The van der Waals surface area contributed by atoms with Gasteiger partial charge >= 0.3 is 0 Å². The van der Waals surface area contributed by atoms with Crippen molar-refractivity contribution in [2.24, 2.45) is 5.73 Å². The minimum absolute atomic E-state index is 0.0644. The van der Waals surface area contributed by atoms with Gasteiger partial charge in [0.25, 0.3) is 0 Å². The van der Waals surface area contributed by atoms with Gasteiger partial charge < -0.3 is 10.2 Å². The molecule has 2 aromatic rings. The molecule has 0 fully saturated rings. The van der Waals surface area contributed by atoms with Crippen LogP contribution >= 0.6 is 11.6 Å². The Bertz CT molecular complexity index is 456. The molecule has 2 nitrogen and oxygen atoms in total. The van der Waals surface area contributed by atoms with Crippen LogP contribution in [0.3, 0.4) is 0 Å². The molecule has 0 saturated carbocycles. The van der Waals surface area contributed by atoms with Crippen molar-refractivity contribution in [3.8, 4) is 0 Å². The van der Waals surface area contributed by atoms with E-state index in [-0.39, 0.29) is 5.02 Å². The fourth-order valence-electron chi connectivity index (χ4n) is 1.34. The number of furan rings is 1. The molecule has 1 heterocycles. The maximum absolute atomic E-state index is 12.9. The molecule has 15 heavy (non-hydrogen) atoms. The van der Waals surface area contributed by atoms with Gasteiger partial charge in [-0.05, 0) is 29.8 Å². The minimum Gasteiger partial charge on any atom is -0.467 e. The third-order valence-corrected chi connectivity index (χ3v) is 2.44. The molecule has 4 heteroatoms. The second-order valence-corrected chi connectivity index (χ2v) is 3.57. The molecule has 1 unspecified atom stereocenters. The van der Waals surface area contributed by atoms with Crippen LogP contribution in [-0.4, -0.2) is 0 Å². The van der Waals surface area contributed by atoms with E-state index in [4.69, 9.17) is 21.8 Å². The number of hydrogen-bond acceptors (Lipinski definition) is 2. The van der Waals surface area contributed by atoms with Crippen molar-refractivity contribution in [1.82, 2.24) is 0 Å². The predicted octanol–water partition coefficient (Wildman–Crippen LogP) is 3.12. The van der Waals surface area contributed by atoms with Crippen LogP contribution in [0.1, 0.15) is 17.4 Å². The Morgan fingerprint density at radius 1 is 1.33 bits per heavy atom. The number of benzene rings is 1. The van der Waals surface area contributed by atoms with Gasteiger partial charge in [0.2, 0.25) is 0 Å². The second-order valence-electron chi connectivity index (χ2n) is 3.17. The Labute approximate surface area is 91.5 Å². The van der Waals surface area contributed by atoms with Crippen molar-refractivity contribution < 1.29 is 8.81 Å². The van der Waals surface area contributed by atoms with Gasteiger partial charge in [0.05, 0.1) is 17.3 Å². The summed E-state index contributed by atoms with van der Waals surface area (Å²) >= 11 is 5.66. The van der Waals surface area contributed by atoms with E-state index < -0.39 is 11.9 Å². The first-order chi connectivity index (χ1) is 7.18. The van der Waals surface area contributed by atoms with Crippen molar-refractivity contribution in [2.45, 2.75) is 6.04 Å². The maximum atomic E-state index is 12.9. The molecule has 1 aromatic heterocycles. The van der Waals surface area contributed by atoms with Crippen LogP contribution in [0.4, 0.5) is 4.39 Å². The van der Waals surface area contributed by atoms with Crippen molar-refractivity contribution in [1.29, 1.82) is 0 Å². The second kappa shape index (κ2) is 4.04. The summed E-state index contributed by atoms with van der Waals surface area (Å²) in [4.78, 5) is 0. The minimum atomic E-state index is -0.452. The number of hydrogen-bond donors (Lipinski definition) is 1. The van der Waals surface area contributed by atoms with Gasteiger partial charge in [-0.15, -0.1) is 0 Å². The Kier molecular flexibility index (Phi) is 2.75. The van der Waals surface area contributed by atoms with Crippen LogP contribution in [0, 0.1) is 5.82 Å². The monoisotopic (exact) mass is 225 g/mol. The summed E-state index contributed by atoms with van der Waals surface area (Å²) in [6, 6.07) is 7.49. The first-order valence-electron chi connectivity index (χ1n) is 4.42. The van der Waals surface area contributed by atoms with Gasteiger partial charge in [-0.3, -0.25) is 0 Å². The largest absolute Gasteiger partial charge is 0.467 e. The molecule has 2 N–H and O–H groups in total. The van der Waals surface area contributed by atoms with Crippen LogP contribution in [0.2, 0.25) is 5.02 Å². The van der Waals surface area contributed by atoms with Crippen LogP contribution in [-0.2, 0) is 0 Å². The Morgan fingerprint density at radius 3 is 2.73 bits per heavy atom. The van der Waals surface area contributed by atoms with Gasteiger partial charge in [-0.25, -0.2) is 4.39 Å². The van der Waals surface area contributed by atoms with Crippen LogP contribution in [0.15, 0.2) is 41.0 Å².